The molecule has 0 saturated carbocycles. The molecule has 5 nitrogen and oxygen atoms in total. The molecular weight excluding hydrogens is 360 g/mol. The van der Waals surface area contributed by atoms with Gasteiger partial charge in [0, 0.05) is 22.3 Å². The number of halogens is 1. The summed E-state index contributed by atoms with van der Waals surface area (Å²) in [5, 5.41) is 0. The molecule has 21 heavy (non-hydrogen) atoms. The van der Waals surface area contributed by atoms with E-state index in [9.17, 15) is 18.0 Å². The summed E-state index contributed by atoms with van der Waals surface area (Å²) in [5.41, 5.74) is 0.836. The number of carbonyl (C=O) groups is 2. The Labute approximate surface area is 129 Å². The van der Waals surface area contributed by atoms with E-state index in [1.54, 1.807) is 24.3 Å². The van der Waals surface area contributed by atoms with Gasteiger partial charge in [-0.25, -0.2) is 0 Å². The van der Waals surface area contributed by atoms with E-state index in [2.05, 4.69) is 19.5 Å². The molecule has 106 valence electrons. The Bertz CT molecular complexity index is 886. The van der Waals surface area contributed by atoms with Crippen LogP contribution in [0.15, 0.2) is 47.4 Å². The van der Waals surface area contributed by atoms with Gasteiger partial charge in [-0.15, -0.1) is 0 Å². The maximum atomic E-state index is 12.4. The van der Waals surface area contributed by atoms with E-state index in [1.165, 1.54) is 12.1 Å². The molecule has 0 fully saturated rings. The molecule has 2 aromatic rings. The number of hydrogen-bond acceptors (Lipinski definition) is 5. The van der Waals surface area contributed by atoms with Gasteiger partial charge >= 0.3 is 10.1 Å². The van der Waals surface area contributed by atoms with Crippen molar-refractivity contribution < 1.29 is 21.3 Å². The van der Waals surface area contributed by atoms with Crippen LogP contribution in [0.25, 0.3) is 0 Å². The molecular formula is C14H7BrO5S. The highest BCUT2D eigenvalue weighted by Crippen LogP contribution is 2.29. The molecule has 0 radical (unpaired) electrons. The topological polar surface area (TPSA) is 77.5 Å². The van der Waals surface area contributed by atoms with E-state index in [4.69, 9.17) is 0 Å². The minimum Gasteiger partial charge on any atom is -0.289 e. The molecule has 0 N–H and O–H groups in total. The SMILES string of the molecule is O=C1c2ccccc2C(=O)c2cc(S(=O)(=O)OBr)ccc21. The molecule has 1 aliphatic carbocycles. The van der Waals surface area contributed by atoms with Crippen LogP contribution in [0.3, 0.4) is 0 Å². The maximum Gasteiger partial charge on any atom is 0.307 e. The Morgan fingerprint density at radius 3 is 1.90 bits per heavy atom. The first-order valence-corrected chi connectivity index (χ1v) is 7.89. The minimum absolute atomic E-state index is 0.0596. The quantitative estimate of drug-likeness (QED) is 0.696. The van der Waals surface area contributed by atoms with E-state index in [0.717, 1.165) is 6.07 Å². The summed E-state index contributed by atoms with van der Waals surface area (Å²) in [7, 11) is -4.00. The zero-order chi connectivity index (χ0) is 15.2. The normalized spacial score (nSPS) is 13.8. The zero-order valence-electron chi connectivity index (χ0n) is 10.4. The second-order valence-corrected chi connectivity index (χ2v) is 6.73. The Morgan fingerprint density at radius 1 is 0.810 bits per heavy atom. The van der Waals surface area contributed by atoms with Crippen LogP contribution in [0.4, 0.5) is 0 Å². The van der Waals surface area contributed by atoms with Crippen LogP contribution >= 0.6 is 16.3 Å². The first-order valence-electron chi connectivity index (χ1n) is 5.83. The third kappa shape index (κ3) is 2.14. The van der Waals surface area contributed by atoms with Gasteiger partial charge < -0.3 is 0 Å². The Hall–Kier alpha value is -1.83. The molecule has 0 aromatic heterocycles. The fraction of sp³-hybridized carbons (Fsp3) is 0. The summed E-state index contributed by atoms with van der Waals surface area (Å²) in [6.45, 7) is 0. The minimum atomic E-state index is -4.00. The van der Waals surface area contributed by atoms with Crippen LogP contribution in [-0.4, -0.2) is 20.0 Å². The fourth-order valence-corrected chi connectivity index (χ4v) is 3.30. The van der Waals surface area contributed by atoms with Crippen molar-refractivity contribution in [2.75, 3.05) is 0 Å². The maximum absolute atomic E-state index is 12.4. The smallest absolute Gasteiger partial charge is 0.289 e. The van der Waals surface area contributed by atoms with Crippen molar-refractivity contribution in [3.63, 3.8) is 0 Å². The summed E-state index contributed by atoms with van der Waals surface area (Å²) >= 11 is 2.42. The van der Waals surface area contributed by atoms with Crippen molar-refractivity contribution in [2.24, 2.45) is 0 Å². The molecule has 1 aliphatic rings. The van der Waals surface area contributed by atoms with Crippen molar-refractivity contribution in [3.8, 4) is 0 Å². The van der Waals surface area contributed by atoms with Crippen molar-refractivity contribution in [1.82, 2.24) is 0 Å². The van der Waals surface area contributed by atoms with Crippen molar-refractivity contribution in [1.29, 1.82) is 0 Å². The highest BCUT2D eigenvalue weighted by atomic mass is 79.9. The number of rotatable bonds is 2. The zero-order valence-corrected chi connectivity index (χ0v) is 12.8. The van der Waals surface area contributed by atoms with Crippen molar-refractivity contribution in [2.45, 2.75) is 4.90 Å². The Kier molecular flexibility index (Phi) is 3.27. The van der Waals surface area contributed by atoms with E-state index in [-0.39, 0.29) is 33.2 Å². The third-order valence-electron chi connectivity index (χ3n) is 3.27. The van der Waals surface area contributed by atoms with Gasteiger partial charge in [0.2, 0.25) is 0 Å². The monoisotopic (exact) mass is 366 g/mol. The number of ketones is 2. The molecule has 0 bridgehead atoms. The van der Waals surface area contributed by atoms with Crippen LogP contribution < -0.4 is 0 Å². The van der Waals surface area contributed by atoms with E-state index in [1.807, 2.05) is 0 Å². The number of carbonyl (C=O) groups excluding carboxylic acids is 2. The summed E-state index contributed by atoms with van der Waals surface area (Å²) in [4.78, 5) is 24.6. The molecule has 3 rings (SSSR count). The van der Waals surface area contributed by atoms with Crippen LogP contribution in [0.2, 0.25) is 0 Å². The van der Waals surface area contributed by atoms with Crippen LogP contribution in [0, 0.1) is 0 Å². The Balaban J connectivity index is 2.25. The lowest BCUT2D eigenvalue weighted by molar-refractivity contribution is 0.0979. The summed E-state index contributed by atoms with van der Waals surface area (Å²) < 4.78 is 27.5. The highest BCUT2D eigenvalue weighted by Gasteiger charge is 2.30. The second kappa shape index (κ2) is 4.87. The van der Waals surface area contributed by atoms with Crippen LogP contribution in [-0.2, 0) is 13.4 Å². The molecule has 0 atom stereocenters. The van der Waals surface area contributed by atoms with Crippen molar-refractivity contribution >= 4 is 37.9 Å². The lowest BCUT2D eigenvalue weighted by Crippen LogP contribution is -2.21. The summed E-state index contributed by atoms with van der Waals surface area (Å²) in [6, 6.07) is 10.1. The second-order valence-electron chi connectivity index (χ2n) is 4.43. The van der Waals surface area contributed by atoms with E-state index < -0.39 is 10.1 Å². The van der Waals surface area contributed by atoms with Gasteiger partial charge in [-0.05, 0) is 18.2 Å². The fourth-order valence-electron chi connectivity index (χ4n) is 2.27. The molecule has 0 spiro atoms. The number of hydrogen-bond donors (Lipinski definition) is 0. The Morgan fingerprint density at radius 2 is 1.33 bits per heavy atom. The average Bonchev–Trinajstić information content (AvgIpc) is 2.52. The molecule has 0 saturated heterocycles. The number of fused-ring (bicyclic) bond motifs is 2. The first-order chi connectivity index (χ1) is 9.95. The highest BCUT2D eigenvalue weighted by molar-refractivity contribution is 9.06. The summed E-state index contributed by atoms with van der Waals surface area (Å²) in [5.74, 6) is -0.685. The predicted octanol–water partition coefficient (Wildman–Crippen LogP) is 2.48. The lowest BCUT2D eigenvalue weighted by Gasteiger charge is -2.17. The van der Waals surface area contributed by atoms with Crippen LogP contribution in [0.5, 0.6) is 0 Å². The molecule has 0 amide bonds. The van der Waals surface area contributed by atoms with Gasteiger partial charge in [0.05, 0.1) is 4.90 Å². The van der Waals surface area contributed by atoms with E-state index >= 15 is 0 Å². The van der Waals surface area contributed by atoms with Gasteiger partial charge in [0.25, 0.3) is 0 Å². The van der Waals surface area contributed by atoms with Gasteiger partial charge in [-0.2, -0.15) is 11.7 Å². The largest absolute Gasteiger partial charge is 0.307 e. The van der Waals surface area contributed by atoms with Gasteiger partial charge in [0.1, 0.15) is 16.3 Å². The average molecular weight is 367 g/mol. The molecule has 7 heteroatoms. The van der Waals surface area contributed by atoms with E-state index in [0.29, 0.717) is 5.56 Å². The molecule has 0 heterocycles. The predicted molar refractivity (Wildman–Crippen MR) is 76.9 cm³/mol. The molecule has 0 unspecified atom stereocenters. The third-order valence-corrected chi connectivity index (χ3v) is 5.31. The summed E-state index contributed by atoms with van der Waals surface area (Å²) in [6.07, 6.45) is 0. The van der Waals surface area contributed by atoms with Gasteiger partial charge in [-0.3, -0.25) is 9.59 Å². The number of benzene rings is 2. The lowest BCUT2D eigenvalue weighted by atomic mass is 9.84. The molecule has 2 aromatic carbocycles. The molecule has 0 aliphatic heterocycles. The first kappa shape index (κ1) is 14.1. The van der Waals surface area contributed by atoms with Crippen molar-refractivity contribution in [3.05, 3.63) is 64.7 Å². The van der Waals surface area contributed by atoms with Crippen LogP contribution in [0.1, 0.15) is 31.8 Å². The van der Waals surface area contributed by atoms with Gasteiger partial charge in [-0.1, -0.05) is 24.3 Å². The van der Waals surface area contributed by atoms with Gasteiger partial charge in [0.15, 0.2) is 11.6 Å². The standard InChI is InChI=1S/C14H7BrO5S/c15-20-21(18,19)8-5-6-11-12(7-8)14(17)10-4-2-1-3-9(10)13(11)16/h1-7H.